The van der Waals surface area contributed by atoms with E-state index in [1.807, 2.05) is 4.90 Å². The summed E-state index contributed by atoms with van der Waals surface area (Å²) in [4.78, 5) is 27.1. The molecule has 0 aromatic rings. The number of hydrogen-bond acceptors (Lipinski definition) is 3. The fourth-order valence-electron chi connectivity index (χ4n) is 3.74. The molecule has 0 unspecified atom stereocenters. The van der Waals surface area contributed by atoms with Gasteiger partial charge in [0.15, 0.2) is 0 Å². The van der Waals surface area contributed by atoms with E-state index < -0.39 is 6.67 Å². The molecule has 3 saturated heterocycles. The zero-order valence-corrected chi connectivity index (χ0v) is 13.1. The lowest BCUT2D eigenvalue weighted by molar-refractivity contribution is -0.190. The van der Waals surface area contributed by atoms with E-state index in [1.165, 1.54) is 0 Å². The van der Waals surface area contributed by atoms with Crippen molar-refractivity contribution in [3.8, 4) is 0 Å². The standard InChI is InChI=1S/C16H25FN2O3/c17-7-5-15(21)19-11-16(12-19)6-4-13(10-22-16)9-18-8-2-1-3-14(18)20/h13H,1-12H2/t13-/m1/s1. The number of alkyl halides is 1. The molecule has 3 fully saturated rings. The summed E-state index contributed by atoms with van der Waals surface area (Å²) in [6, 6.07) is 0. The van der Waals surface area contributed by atoms with Crippen LogP contribution in [0.5, 0.6) is 0 Å². The van der Waals surface area contributed by atoms with Gasteiger partial charge in [0.25, 0.3) is 0 Å². The third-order valence-corrected chi connectivity index (χ3v) is 5.15. The lowest BCUT2D eigenvalue weighted by Crippen LogP contribution is -2.66. The third-order valence-electron chi connectivity index (χ3n) is 5.15. The Labute approximate surface area is 130 Å². The first-order valence-electron chi connectivity index (χ1n) is 8.37. The van der Waals surface area contributed by atoms with Crippen LogP contribution in [0.4, 0.5) is 4.39 Å². The van der Waals surface area contributed by atoms with Gasteiger partial charge in [0.1, 0.15) is 5.60 Å². The first-order chi connectivity index (χ1) is 10.6. The van der Waals surface area contributed by atoms with E-state index in [1.54, 1.807) is 4.90 Å². The zero-order chi connectivity index (χ0) is 15.6. The molecule has 3 rings (SSSR count). The molecule has 3 aliphatic rings. The summed E-state index contributed by atoms with van der Waals surface area (Å²) in [6.07, 6.45) is 4.75. The van der Waals surface area contributed by atoms with Crippen molar-refractivity contribution in [1.82, 2.24) is 9.80 Å². The maximum Gasteiger partial charge on any atom is 0.225 e. The number of amides is 2. The highest BCUT2D eigenvalue weighted by Crippen LogP contribution is 2.36. The van der Waals surface area contributed by atoms with Crippen molar-refractivity contribution < 1.29 is 18.7 Å². The summed E-state index contributed by atoms with van der Waals surface area (Å²) in [5, 5.41) is 0. The van der Waals surface area contributed by atoms with Gasteiger partial charge in [-0.3, -0.25) is 14.0 Å². The largest absolute Gasteiger partial charge is 0.371 e. The molecule has 0 aromatic heterocycles. The van der Waals surface area contributed by atoms with Gasteiger partial charge in [0, 0.05) is 25.4 Å². The average molecular weight is 312 g/mol. The second-order valence-electron chi connectivity index (χ2n) is 6.88. The van der Waals surface area contributed by atoms with Gasteiger partial charge in [-0.1, -0.05) is 0 Å². The van der Waals surface area contributed by atoms with Crippen molar-refractivity contribution in [3.63, 3.8) is 0 Å². The molecule has 0 aliphatic carbocycles. The van der Waals surface area contributed by atoms with Crippen molar-refractivity contribution in [3.05, 3.63) is 0 Å². The summed E-state index contributed by atoms with van der Waals surface area (Å²) in [5.41, 5.74) is -0.200. The van der Waals surface area contributed by atoms with Gasteiger partial charge in [-0.25, -0.2) is 0 Å². The zero-order valence-electron chi connectivity index (χ0n) is 13.1. The molecule has 3 heterocycles. The van der Waals surface area contributed by atoms with Crippen LogP contribution in [0.3, 0.4) is 0 Å². The minimum absolute atomic E-state index is 0.0181. The minimum atomic E-state index is -0.588. The molecule has 1 spiro atoms. The number of carbonyl (C=O) groups is 2. The van der Waals surface area contributed by atoms with Crippen molar-refractivity contribution in [2.24, 2.45) is 5.92 Å². The van der Waals surface area contributed by atoms with Crippen LogP contribution in [-0.2, 0) is 14.3 Å². The predicted octanol–water partition coefficient (Wildman–Crippen LogP) is 1.37. The molecular formula is C16H25FN2O3. The maximum atomic E-state index is 12.2. The van der Waals surface area contributed by atoms with E-state index in [4.69, 9.17) is 4.74 Å². The van der Waals surface area contributed by atoms with Crippen molar-refractivity contribution in [2.75, 3.05) is 39.5 Å². The van der Waals surface area contributed by atoms with E-state index in [0.29, 0.717) is 32.0 Å². The Morgan fingerprint density at radius 3 is 2.82 bits per heavy atom. The first kappa shape index (κ1) is 15.7. The Morgan fingerprint density at radius 2 is 2.18 bits per heavy atom. The number of ether oxygens (including phenoxy) is 1. The molecule has 3 aliphatic heterocycles. The second-order valence-corrected chi connectivity index (χ2v) is 6.88. The van der Waals surface area contributed by atoms with Crippen LogP contribution < -0.4 is 0 Å². The van der Waals surface area contributed by atoms with Crippen molar-refractivity contribution >= 4 is 11.8 Å². The smallest absolute Gasteiger partial charge is 0.225 e. The van der Waals surface area contributed by atoms with Gasteiger partial charge < -0.3 is 14.5 Å². The summed E-state index contributed by atoms with van der Waals surface area (Å²) in [5.74, 6) is 0.569. The summed E-state index contributed by atoms with van der Waals surface area (Å²) in [6.45, 7) is 2.96. The number of carbonyl (C=O) groups excluding carboxylic acids is 2. The van der Waals surface area contributed by atoms with E-state index in [0.717, 1.165) is 38.8 Å². The van der Waals surface area contributed by atoms with Crippen LogP contribution in [0.25, 0.3) is 0 Å². The normalized spacial score (nSPS) is 27.9. The highest BCUT2D eigenvalue weighted by molar-refractivity contribution is 5.77. The van der Waals surface area contributed by atoms with Crippen LogP contribution >= 0.6 is 0 Å². The fraction of sp³-hybridized carbons (Fsp3) is 0.875. The summed E-state index contributed by atoms with van der Waals surface area (Å²) in [7, 11) is 0. The molecule has 5 nitrogen and oxygen atoms in total. The van der Waals surface area contributed by atoms with E-state index >= 15 is 0 Å². The first-order valence-corrected chi connectivity index (χ1v) is 8.37. The molecule has 0 saturated carbocycles. The van der Waals surface area contributed by atoms with Crippen LogP contribution in [0.15, 0.2) is 0 Å². The minimum Gasteiger partial charge on any atom is -0.371 e. The Morgan fingerprint density at radius 1 is 1.36 bits per heavy atom. The molecule has 0 N–H and O–H groups in total. The number of piperidine rings is 1. The molecule has 6 heteroatoms. The van der Waals surface area contributed by atoms with Crippen molar-refractivity contribution in [1.29, 1.82) is 0 Å². The third kappa shape index (κ3) is 3.26. The number of hydrogen-bond donors (Lipinski definition) is 0. The highest BCUT2D eigenvalue weighted by Gasteiger charge is 2.48. The molecule has 2 amide bonds. The second kappa shape index (κ2) is 6.52. The fourth-order valence-corrected chi connectivity index (χ4v) is 3.74. The molecule has 0 aromatic carbocycles. The number of rotatable bonds is 4. The number of halogens is 1. The van der Waals surface area contributed by atoms with Crippen molar-refractivity contribution in [2.45, 2.75) is 44.1 Å². The number of likely N-dealkylation sites (tertiary alicyclic amines) is 2. The van der Waals surface area contributed by atoms with Crippen LogP contribution in [0.1, 0.15) is 38.5 Å². The maximum absolute atomic E-state index is 12.2. The van der Waals surface area contributed by atoms with E-state index in [2.05, 4.69) is 0 Å². The molecule has 22 heavy (non-hydrogen) atoms. The molecule has 0 radical (unpaired) electrons. The van der Waals surface area contributed by atoms with E-state index in [-0.39, 0.29) is 23.8 Å². The Hall–Kier alpha value is -1.17. The quantitative estimate of drug-likeness (QED) is 0.788. The SMILES string of the molecule is O=C1CCCCN1C[C@H]1CCC2(CN(C(=O)CCF)C2)OC1. The Kier molecular flexibility index (Phi) is 4.66. The Bertz CT molecular complexity index is 427. The molecule has 124 valence electrons. The van der Waals surface area contributed by atoms with Gasteiger partial charge in [-0.05, 0) is 25.7 Å². The van der Waals surface area contributed by atoms with Crippen LogP contribution in [0, 0.1) is 5.92 Å². The molecule has 1 atom stereocenters. The van der Waals surface area contributed by atoms with E-state index in [9.17, 15) is 14.0 Å². The van der Waals surface area contributed by atoms with Gasteiger partial charge in [-0.15, -0.1) is 0 Å². The summed E-state index contributed by atoms with van der Waals surface area (Å²) < 4.78 is 18.2. The van der Waals surface area contributed by atoms with Gasteiger partial charge >= 0.3 is 0 Å². The Balaban J connectivity index is 1.42. The molecular weight excluding hydrogens is 287 g/mol. The topological polar surface area (TPSA) is 49.9 Å². The highest BCUT2D eigenvalue weighted by atomic mass is 19.1. The van der Waals surface area contributed by atoms with Gasteiger partial charge in [-0.2, -0.15) is 0 Å². The van der Waals surface area contributed by atoms with Crippen LogP contribution in [0.2, 0.25) is 0 Å². The number of nitrogens with zero attached hydrogens (tertiary/aromatic N) is 2. The molecule has 0 bridgehead atoms. The lowest BCUT2D eigenvalue weighted by Gasteiger charge is -2.53. The predicted molar refractivity (Wildman–Crippen MR) is 79.0 cm³/mol. The lowest BCUT2D eigenvalue weighted by atomic mass is 9.82. The monoisotopic (exact) mass is 312 g/mol. The van der Waals surface area contributed by atoms with Crippen LogP contribution in [-0.4, -0.2) is 66.7 Å². The van der Waals surface area contributed by atoms with Gasteiger partial charge in [0.2, 0.25) is 11.8 Å². The average Bonchev–Trinajstić information content (AvgIpc) is 2.48. The van der Waals surface area contributed by atoms with Gasteiger partial charge in [0.05, 0.1) is 32.8 Å². The summed E-state index contributed by atoms with van der Waals surface area (Å²) >= 11 is 0.